The monoisotopic (exact) mass is 499 g/mol. The van der Waals surface area contributed by atoms with E-state index in [-0.39, 0.29) is 41.4 Å². The SMILES string of the molecule is CC(C)C1=C2[C@@H](CC/C(=C/c3ccc(O)cc3)c3ccccc3)OB(O)C[C@@H]2[C@@H]2C(=O)N(C)C(=O)[C@@H]2C1. The summed E-state index contributed by atoms with van der Waals surface area (Å²) in [7, 11) is 0.603. The minimum atomic E-state index is -0.971. The highest BCUT2D eigenvalue weighted by molar-refractivity contribution is 6.43. The lowest BCUT2D eigenvalue weighted by Crippen LogP contribution is -2.46. The highest BCUT2D eigenvalue weighted by Gasteiger charge is 2.56. The van der Waals surface area contributed by atoms with Gasteiger partial charge in [-0.25, -0.2) is 0 Å². The van der Waals surface area contributed by atoms with E-state index in [9.17, 15) is 19.7 Å². The number of hydrogen-bond acceptors (Lipinski definition) is 5. The average molecular weight is 499 g/mol. The Morgan fingerprint density at radius 3 is 2.46 bits per heavy atom. The van der Waals surface area contributed by atoms with Crippen molar-refractivity contribution in [1.82, 2.24) is 4.90 Å². The molecule has 1 aliphatic carbocycles. The lowest BCUT2D eigenvalue weighted by molar-refractivity contribution is -0.138. The van der Waals surface area contributed by atoms with Crippen LogP contribution in [-0.2, 0) is 14.2 Å². The van der Waals surface area contributed by atoms with E-state index < -0.39 is 13.0 Å². The third-order valence-corrected chi connectivity index (χ3v) is 8.22. The molecule has 0 unspecified atom stereocenters. The Bertz CT molecular complexity index is 1240. The van der Waals surface area contributed by atoms with Crippen molar-refractivity contribution >= 4 is 30.6 Å². The third-order valence-electron chi connectivity index (χ3n) is 8.22. The van der Waals surface area contributed by atoms with Gasteiger partial charge in [-0.05, 0) is 71.8 Å². The number of phenols is 1. The van der Waals surface area contributed by atoms with Crippen LogP contribution in [0.2, 0.25) is 6.32 Å². The first-order valence-electron chi connectivity index (χ1n) is 13.2. The molecular formula is C30H34BNO5. The number of amides is 2. The van der Waals surface area contributed by atoms with Gasteiger partial charge in [-0.3, -0.25) is 14.5 Å². The quantitative estimate of drug-likeness (QED) is 0.258. The summed E-state index contributed by atoms with van der Waals surface area (Å²) in [6.07, 6.45) is 4.05. The Hall–Kier alpha value is -3.16. The number of carbonyl (C=O) groups is 2. The summed E-state index contributed by atoms with van der Waals surface area (Å²) in [5.41, 5.74) is 5.53. The predicted octanol–water partition coefficient (Wildman–Crippen LogP) is 4.80. The van der Waals surface area contributed by atoms with Crippen molar-refractivity contribution in [3.63, 3.8) is 0 Å². The second kappa shape index (κ2) is 10.3. The van der Waals surface area contributed by atoms with Gasteiger partial charge < -0.3 is 14.8 Å². The van der Waals surface area contributed by atoms with Gasteiger partial charge in [0.15, 0.2) is 0 Å². The van der Waals surface area contributed by atoms with E-state index in [1.165, 1.54) is 10.5 Å². The van der Waals surface area contributed by atoms with Gasteiger partial charge in [0, 0.05) is 7.05 Å². The number of imide groups is 1. The minimum Gasteiger partial charge on any atom is -0.508 e. The molecule has 37 heavy (non-hydrogen) atoms. The van der Waals surface area contributed by atoms with Crippen molar-refractivity contribution in [1.29, 1.82) is 0 Å². The Balaban J connectivity index is 1.48. The van der Waals surface area contributed by atoms with E-state index in [0.29, 0.717) is 25.6 Å². The molecular weight excluding hydrogens is 465 g/mol. The van der Waals surface area contributed by atoms with Crippen LogP contribution in [0.4, 0.5) is 0 Å². The van der Waals surface area contributed by atoms with E-state index in [4.69, 9.17) is 4.65 Å². The Labute approximate surface area is 218 Å². The molecule has 0 radical (unpaired) electrons. The molecule has 2 aromatic carbocycles. The first kappa shape index (κ1) is 25.5. The van der Waals surface area contributed by atoms with E-state index in [0.717, 1.165) is 22.3 Å². The van der Waals surface area contributed by atoms with Crippen molar-refractivity contribution in [2.75, 3.05) is 7.05 Å². The highest BCUT2D eigenvalue weighted by atomic mass is 16.5. The second-order valence-corrected chi connectivity index (χ2v) is 10.8. The summed E-state index contributed by atoms with van der Waals surface area (Å²) >= 11 is 0. The van der Waals surface area contributed by atoms with Crippen LogP contribution in [0.3, 0.4) is 0 Å². The number of likely N-dealkylation sites (tertiary alicyclic amines) is 1. The Kier molecular flexibility index (Phi) is 7.10. The van der Waals surface area contributed by atoms with Gasteiger partial charge in [-0.1, -0.05) is 68.0 Å². The molecule has 4 atom stereocenters. The summed E-state index contributed by atoms with van der Waals surface area (Å²) in [5.74, 6) is -0.745. The molecule has 0 spiro atoms. The molecule has 2 amide bonds. The van der Waals surface area contributed by atoms with Crippen molar-refractivity contribution in [3.05, 3.63) is 76.9 Å². The van der Waals surface area contributed by atoms with Crippen molar-refractivity contribution in [3.8, 4) is 5.75 Å². The lowest BCUT2D eigenvalue weighted by Gasteiger charge is -2.44. The van der Waals surface area contributed by atoms with Gasteiger partial charge in [0.2, 0.25) is 11.8 Å². The summed E-state index contributed by atoms with van der Waals surface area (Å²) < 4.78 is 6.15. The molecule has 3 aliphatic rings. The summed E-state index contributed by atoms with van der Waals surface area (Å²) in [5, 5.41) is 20.4. The maximum Gasteiger partial charge on any atom is 0.455 e. The van der Waals surface area contributed by atoms with E-state index in [1.807, 2.05) is 30.3 Å². The van der Waals surface area contributed by atoms with Gasteiger partial charge in [-0.2, -0.15) is 0 Å². The second-order valence-electron chi connectivity index (χ2n) is 10.8. The molecule has 2 aromatic rings. The molecule has 2 saturated heterocycles. The van der Waals surface area contributed by atoms with Crippen LogP contribution in [0.25, 0.3) is 11.6 Å². The standard InChI is InChI=1S/C30H34BNO5/c1-18(2)23-16-24-28(30(35)32(3)29(24)34)25-17-31(36)37-26(27(23)25)14-11-21(20-7-5-4-6-8-20)15-19-9-12-22(33)13-10-19/h4-10,12-13,15,18,24-26,28,33,36H,11,14,16-17H2,1-3H3/b21-15-/t24-,25+,26-,28-/m1/s1. The van der Waals surface area contributed by atoms with E-state index >= 15 is 0 Å². The van der Waals surface area contributed by atoms with Gasteiger partial charge in [0.05, 0.1) is 17.9 Å². The van der Waals surface area contributed by atoms with Crippen LogP contribution in [-0.4, -0.2) is 47.1 Å². The van der Waals surface area contributed by atoms with Crippen LogP contribution in [0.1, 0.15) is 44.2 Å². The van der Waals surface area contributed by atoms with Crippen molar-refractivity contribution in [2.24, 2.45) is 23.7 Å². The fourth-order valence-corrected chi connectivity index (χ4v) is 6.42. The maximum absolute atomic E-state index is 13.1. The molecule has 6 nitrogen and oxygen atoms in total. The highest BCUT2D eigenvalue weighted by Crippen LogP contribution is 2.51. The van der Waals surface area contributed by atoms with Crippen LogP contribution in [0, 0.1) is 23.7 Å². The van der Waals surface area contributed by atoms with Gasteiger partial charge >= 0.3 is 7.12 Å². The number of fused-ring (bicyclic) bond motifs is 3. The molecule has 0 bridgehead atoms. The van der Waals surface area contributed by atoms with Gasteiger partial charge in [0.1, 0.15) is 5.75 Å². The molecule has 0 aromatic heterocycles. The zero-order chi connectivity index (χ0) is 26.3. The summed E-state index contributed by atoms with van der Waals surface area (Å²) in [4.78, 5) is 27.3. The Morgan fingerprint density at radius 2 is 1.78 bits per heavy atom. The van der Waals surface area contributed by atoms with E-state index in [1.54, 1.807) is 19.2 Å². The maximum atomic E-state index is 13.1. The fourth-order valence-electron chi connectivity index (χ4n) is 6.42. The largest absolute Gasteiger partial charge is 0.508 e. The topological polar surface area (TPSA) is 87.1 Å². The number of hydrogen-bond donors (Lipinski definition) is 2. The first-order chi connectivity index (χ1) is 17.7. The van der Waals surface area contributed by atoms with Crippen LogP contribution >= 0.6 is 0 Å². The minimum absolute atomic E-state index is 0.104. The van der Waals surface area contributed by atoms with Gasteiger partial charge in [0.25, 0.3) is 0 Å². The number of rotatable bonds is 6. The molecule has 5 rings (SSSR count). The average Bonchev–Trinajstić information content (AvgIpc) is 3.11. The number of benzene rings is 2. The van der Waals surface area contributed by atoms with Crippen molar-refractivity contribution in [2.45, 2.75) is 45.5 Å². The molecule has 2 aliphatic heterocycles. The summed E-state index contributed by atoms with van der Waals surface area (Å²) in [6, 6.07) is 17.3. The van der Waals surface area contributed by atoms with E-state index in [2.05, 4.69) is 32.1 Å². The number of allylic oxidation sites excluding steroid dienone is 2. The number of aromatic hydroxyl groups is 1. The normalized spacial score (nSPS) is 26.1. The lowest BCUT2D eigenvalue weighted by atomic mass is 9.57. The number of carbonyl (C=O) groups excluding carboxylic acids is 2. The molecule has 7 heteroatoms. The molecule has 2 N–H and O–H groups in total. The van der Waals surface area contributed by atoms with Gasteiger partial charge in [-0.15, -0.1) is 0 Å². The van der Waals surface area contributed by atoms with Crippen molar-refractivity contribution < 1.29 is 24.4 Å². The first-order valence-corrected chi connectivity index (χ1v) is 13.2. The molecule has 0 saturated carbocycles. The fraction of sp³-hybridized carbons (Fsp3) is 0.400. The zero-order valence-corrected chi connectivity index (χ0v) is 21.6. The van der Waals surface area contributed by atoms with Crippen LogP contribution in [0.5, 0.6) is 5.75 Å². The Morgan fingerprint density at radius 1 is 1.08 bits per heavy atom. The van der Waals surface area contributed by atoms with Crippen LogP contribution in [0.15, 0.2) is 65.7 Å². The summed E-state index contributed by atoms with van der Waals surface area (Å²) in [6.45, 7) is 4.26. The molecule has 2 heterocycles. The smallest absolute Gasteiger partial charge is 0.455 e. The molecule has 2 fully saturated rings. The number of phenolic OH excluding ortho intramolecular Hbond substituents is 1. The number of nitrogens with zero attached hydrogens (tertiary/aromatic N) is 1. The van der Waals surface area contributed by atoms with Crippen LogP contribution < -0.4 is 0 Å². The predicted molar refractivity (Wildman–Crippen MR) is 144 cm³/mol. The third kappa shape index (κ3) is 4.90. The molecule has 192 valence electrons. The zero-order valence-electron chi connectivity index (χ0n) is 21.6.